The van der Waals surface area contributed by atoms with Crippen molar-refractivity contribution in [2.75, 3.05) is 18.1 Å². The van der Waals surface area contributed by atoms with E-state index in [0.29, 0.717) is 16.8 Å². The Kier molecular flexibility index (Phi) is 5.07. The van der Waals surface area contributed by atoms with Crippen molar-refractivity contribution in [2.24, 2.45) is 0 Å². The van der Waals surface area contributed by atoms with Gasteiger partial charge in [0.2, 0.25) is 11.1 Å². The van der Waals surface area contributed by atoms with Gasteiger partial charge in [-0.1, -0.05) is 31.5 Å². The van der Waals surface area contributed by atoms with Crippen LogP contribution in [0.3, 0.4) is 0 Å². The van der Waals surface area contributed by atoms with Gasteiger partial charge in [0.25, 0.3) is 0 Å². The van der Waals surface area contributed by atoms with Gasteiger partial charge in [-0.2, -0.15) is 0 Å². The van der Waals surface area contributed by atoms with Gasteiger partial charge in [0.15, 0.2) is 5.82 Å². The van der Waals surface area contributed by atoms with Gasteiger partial charge in [-0.05, 0) is 19.3 Å². The number of thioether (sulfide) groups is 1. The van der Waals surface area contributed by atoms with Gasteiger partial charge < -0.3 is 11.2 Å². The number of nitrogens with one attached hydrogen (secondary N) is 1. The maximum Gasteiger partial charge on any atom is 0.230 e. The lowest BCUT2D eigenvalue weighted by atomic mass is 10.2. The first-order valence-corrected chi connectivity index (χ1v) is 7.80. The second kappa shape index (κ2) is 6.79. The number of nitrogens with two attached hydrogens (primary N) is 1. The van der Waals surface area contributed by atoms with Crippen LogP contribution in [-0.4, -0.2) is 33.1 Å². The summed E-state index contributed by atoms with van der Waals surface area (Å²) in [5.41, 5.74) is 0. The summed E-state index contributed by atoms with van der Waals surface area (Å²) in [7, 11) is 0. The number of amides is 1. The monoisotopic (exact) mass is 283 g/mol. The van der Waals surface area contributed by atoms with E-state index in [4.69, 9.17) is 5.84 Å². The highest BCUT2D eigenvalue weighted by atomic mass is 32.2. The average molecular weight is 283 g/mol. The number of nitrogen functional groups attached to an aromatic ring is 1. The zero-order chi connectivity index (χ0) is 13.7. The largest absolute Gasteiger partial charge is 0.355 e. The molecule has 1 amide bonds. The second-order valence-corrected chi connectivity index (χ2v) is 5.77. The van der Waals surface area contributed by atoms with Crippen molar-refractivity contribution in [3.63, 3.8) is 0 Å². The molecule has 1 fully saturated rings. The van der Waals surface area contributed by atoms with Crippen LogP contribution in [0, 0.1) is 0 Å². The van der Waals surface area contributed by atoms with Crippen LogP contribution in [0.1, 0.15) is 50.8 Å². The molecule has 106 valence electrons. The summed E-state index contributed by atoms with van der Waals surface area (Å²) in [6.45, 7) is 2.89. The molecule has 1 aromatic heterocycles. The van der Waals surface area contributed by atoms with Crippen LogP contribution in [0.2, 0.25) is 0 Å². The smallest absolute Gasteiger partial charge is 0.230 e. The van der Waals surface area contributed by atoms with Crippen LogP contribution in [0.15, 0.2) is 5.16 Å². The molecule has 3 N–H and O–H groups in total. The Hall–Kier alpha value is -1.24. The molecule has 1 saturated carbocycles. The highest BCUT2D eigenvalue weighted by molar-refractivity contribution is 7.99. The van der Waals surface area contributed by atoms with Crippen molar-refractivity contribution in [1.29, 1.82) is 0 Å². The van der Waals surface area contributed by atoms with E-state index in [9.17, 15) is 4.79 Å². The lowest BCUT2D eigenvalue weighted by molar-refractivity contribution is -0.118. The van der Waals surface area contributed by atoms with Crippen molar-refractivity contribution >= 4 is 17.7 Å². The number of hydrogen-bond donors (Lipinski definition) is 2. The number of nitrogens with zero attached hydrogens (tertiary/aromatic N) is 3. The molecule has 7 heteroatoms. The summed E-state index contributed by atoms with van der Waals surface area (Å²) in [6, 6.07) is 0. The molecule has 0 spiro atoms. The molecule has 1 aliphatic carbocycles. The number of hydrogen-bond acceptors (Lipinski definition) is 5. The zero-order valence-corrected chi connectivity index (χ0v) is 12.1. The predicted octanol–water partition coefficient (Wildman–Crippen LogP) is 1.27. The SMILES string of the molecule is CCCCCNC(=O)CSc1nnc(C2CC2)n1N. The highest BCUT2D eigenvalue weighted by Crippen LogP contribution is 2.39. The second-order valence-electron chi connectivity index (χ2n) is 4.83. The molecule has 1 aromatic rings. The fraction of sp³-hybridized carbons (Fsp3) is 0.750. The Labute approximate surface area is 117 Å². The van der Waals surface area contributed by atoms with Crippen LogP contribution < -0.4 is 11.2 Å². The molecule has 0 bridgehead atoms. The van der Waals surface area contributed by atoms with Gasteiger partial charge in [0, 0.05) is 12.5 Å². The summed E-state index contributed by atoms with van der Waals surface area (Å²) >= 11 is 1.34. The molecule has 0 atom stereocenters. The molecule has 0 aromatic carbocycles. The number of unbranched alkanes of at least 4 members (excludes halogenated alkanes) is 2. The van der Waals surface area contributed by atoms with Crippen LogP contribution in [0.4, 0.5) is 0 Å². The van der Waals surface area contributed by atoms with Crippen molar-refractivity contribution in [3.05, 3.63) is 5.82 Å². The van der Waals surface area contributed by atoms with Gasteiger partial charge in [-0.3, -0.25) is 4.79 Å². The van der Waals surface area contributed by atoms with Crippen molar-refractivity contribution < 1.29 is 4.79 Å². The zero-order valence-electron chi connectivity index (χ0n) is 11.3. The van der Waals surface area contributed by atoms with E-state index in [1.165, 1.54) is 16.4 Å². The number of aromatic nitrogens is 3. The summed E-state index contributed by atoms with van der Waals surface area (Å²) in [4.78, 5) is 11.6. The topological polar surface area (TPSA) is 85.8 Å². The summed E-state index contributed by atoms with van der Waals surface area (Å²) in [5.74, 6) is 7.58. The van der Waals surface area contributed by atoms with Crippen molar-refractivity contribution in [1.82, 2.24) is 20.2 Å². The molecule has 0 unspecified atom stereocenters. The van der Waals surface area contributed by atoms with Crippen LogP contribution in [0.25, 0.3) is 0 Å². The van der Waals surface area contributed by atoms with E-state index >= 15 is 0 Å². The Morgan fingerprint density at radius 2 is 2.26 bits per heavy atom. The van der Waals surface area contributed by atoms with Crippen LogP contribution in [0.5, 0.6) is 0 Å². The van der Waals surface area contributed by atoms with E-state index in [-0.39, 0.29) is 5.91 Å². The minimum Gasteiger partial charge on any atom is -0.355 e. The Morgan fingerprint density at radius 1 is 1.47 bits per heavy atom. The maximum atomic E-state index is 11.6. The third-order valence-corrected chi connectivity index (χ3v) is 4.01. The molecular weight excluding hydrogens is 262 g/mol. The van der Waals surface area contributed by atoms with E-state index in [1.54, 1.807) is 0 Å². The quantitative estimate of drug-likeness (QED) is 0.426. The first-order chi connectivity index (χ1) is 9.22. The number of carbonyl (C=O) groups excluding carboxylic acids is 1. The summed E-state index contributed by atoms with van der Waals surface area (Å²) in [6.07, 6.45) is 5.61. The third-order valence-electron chi connectivity index (χ3n) is 3.07. The molecule has 0 radical (unpaired) electrons. The van der Waals surface area contributed by atoms with E-state index in [1.807, 2.05) is 0 Å². The minimum absolute atomic E-state index is 0.0251. The van der Waals surface area contributed by atoms with Crippen LogP contribution in [-0.2, 0) is 4.79 Å². The minimum atomic E-state index is 0.0251. The lowest BCUT2D eigenvalue weighted by Gasteiger charge is -2.04. The van der Waals surface area contributed by atoms with Gasteiger partial charge in [0.1, 0.15) is 0 Å². The van der Waals surface area contributed by atoms with Gasteiger partial charge >= 0.3 is 0 Å². The molecule has 0 saturated heterocycles. The summed E-state index contributed by atoms with van der Waals surface area (Å²) in [5, 5.41) is 11.6. The number of rotatable bonds is 8. The van der Waals surface area contributed by atoms with E-state index in [0.717, 1.165) is 44.5 Å². The summed E-state index contributed by atoms with van der Waals surface area (Å²) < 4.78 is 1.52. The molecule has 0 aliphatic heterocycles. The fourth-order valence-corrected chi connectivity index (χ4v) is 2.48. The first-order valence-electron chi connectivity index (χ1n) is 6.82. The Bertz CT molecular complexity index is 430. The number of carbonyl (C=O) groups is 1. The Balaban J connectivity index is 1.71. The van der Waals surface area contributed by atoms with Gasteiger partial charge in [-0.25, -0.2) is 4.68 Å². The fourth-order valence-electron chi connectivity index (χ4n) is 1.79. The molecular formula is C12H21N5OS. The maximum absolute atomic E-state index is 11.6. The Morgan fingerprint density at radius 3 is 2.95 bits per heavy atom. The molecule has 1 heterocycles. The lowest BCUT2D eigenvalue weighted by Crippen LogP contribution is -2.26. The van der Waals surface area contributed by atoms with Gasteiger partial charge in [0.05, 0.1) is 5.75 Å². The molecule has 1 aliphatic rings. The highest BCUT2D eigenvalue weighted by Gasteiger charge is 2.29. The normalized spacial score (nSPS) is 14.6. The predicted molar refractivity (Wildman–Crippen MR) is 75.4 cm³/mol. The van der Waals surface area contributed by atoms with E-state index in [2.05, 4.69) is 22.4 Å². The molecule has 6 nitrogen and oxygen atoms in total. The van der Waals surface area contributed by atoms with E-state index < -0.39 is 0 Å². The molecule has 2 rings (SSSR count). The van der Waals surface area contributed by atoms with Crippen LogP contribution >= 0.6 is 11.8 Å². The first kappa shape index (κ1) is 14.2. The standard InChI is InChI=1S/C12H21N5OS/c1-2-3-4-7-14-10(18)8-19-12-16-15-11(17(12)13)9-5-6-9/h9H,2-8,13H2,1H3,(H,14,18). The van der Waals surface area contributed by atoms with Crippen molar-refractivity contribution in [2.45, 2.75) is 50.1 Å². The average Bonchev–Trinajstić information content (AvgIpc) is 3.17. The third kappa shape index (κ3) is 4.12. The van der Waals surface area contributed by atoms with Crippen molar-refractivity contribution in [3.8, 4) is 0 Å². The molecule has 19 heavy (non-hydrogen) atoms. The van der Waals surface area contributed by atoms with Gasteiger partial charge in [-0.15, -0.1) is 10.2 Å².